The van der Waals surface area contributed by atoms with Crippen molar-refractivity contribution in [1.29, 1.82) is 0 Å². The molecule has 4 heteroatoms. The van der Waals surface area contributed by atoms with E-state index >= 15 is 0 Å². The summed E-state index contributed by atoms with van der Waals surface area (Å²) in [7, 11) is 3.44. The first-order valence-corrected chi connectivity index (χ1v) is 6.79. The lowest BCUT2D eigenvalue weighted by Crippen LogP contribution is -1.83. The topological polar surface area (TPSA) is 20.2 Å². The first-order valence-electron chi connectivity index (χ1n) is 3.92. The first kappa shape index (κ1) is 11.2. The maximum absolute atomic E-state index is 8.55. The monoisotopic (exact) mass is 234 g/mol. The third kappa shape index (κ3) is 4.81. The Morgan fingerprint density at radius 2 is 1.85 bits per heavy atom. The van der Waals surface area contributed by atoms with Crippen molar-refractivity contribution < 1.29 is 5.11 Å². The Hall–Kier alpha value is 0.170. The summed E-state index contributed by atoms with van der Waals surface area (Å²) in [5.41, 5.74) is 1.26. The van der Waals surface area contributed by atoms with Crippen molar-refractivity contribution in [2.24, 2.45) is 0 Å². The van der Waals surface area contributed by atoms with Gasteiger partial charge in [0.2, 0.25) is 0 Å². The molecule has 0 aliphatic carbocycles. The molecule has 0 spiro atoms. The van der Waals surface area contributed by atoms with E-state index in [0.717, 1.165) is 16.5 Å². The van der Waals surface area contributed by atoms with Crippen LogP contribution in [0.5, 0.6) is 0 Å². The Morgan fingerprint density at radius 3 is 2.46 bits per heavy atom. The highest BCUT2D eigenvalue weighted by atomic mass is 35.5. The number of hydrogen-bond donors (Lipinski definition) is 1. The minimum absolute atomic E-state index is 0.248. The highest BCUT2D eigenvalue weighted by Gasteiger charge is 1.93. The Labute approximate surface area is 91.3 Å². The van der Waals surface area contributed by atoms with Crippen molar-refractivity contribution in [2.75, 3.05) is 12.4 Å². The number of aliphatic hydroxyl groups is 1. The second-order valence-electron chi connectivity index (χ2n) is 2.43. The number of hydrogen-bond acceptors (Lipinski definition) is 3. The van der Waals surface area contributed by atoms with Crippen LogP contribution < -0.4 is 0 Å². The lowest BCUT2D eigenvalue weighted by atomic mass is 10.2. The van der Waals surface area contributed by atoms with Gasteiger partial charge in [-0.3, -0.25) is 0 Å². The number of rotatable bonds is 5. The fourth-order valence-electron chi connectivity index (χ4n) is 0.787. The Morgan fingerprint density at radius 1 is 1.15 bits per heavy atom. The Bertz CT molecular complexity index is 238. The van der Waals surface area contributed by atoms with Crippen LogP contribution in [0, 0.1) is 0 Å². The van der Waals surface area contributed by atoms with Gasteiger partial charge in [-0.25, -0.2) is 0 Å². The normalized spacial score (nSPS) is 10.3. The van der Waals surface area contributed by atoms with Crippen molar-refractivity contribution in [3.05, 3.63) is 34.9 Å². The zero-order valence-corrected chi connectivity index (χ0v) is 9.46. The number of benzene rings is 1. The van der Waals surface area contributed by atoms with E-state index in [1.807, 2.05) is 24.3 Å². The van der Waals surface area contributed by atoms with Gasteiger partial charge in [-0.05, 0) is 17.7 Å². The molecule has 1 nitrogen and oxygen atoms in total. The fourth-order valence-corrected chi connectivity index (χ4v) is 2.75. The standard InChI is InChI=1S/C9H11ClOS2/c10-9-3-1-8(2-4-9)7-13-12-6-5-11/h1-4,11H,5-7H2. The van der Waals surface area contributed by atoms with Crippen LogP contribution in [0.15, 0.2) is 24.3 Å². The van der Waals surface area contributed by atoms with E-state index in [4.69, 9.17) is 16.7 Å². The highest BCUT2D eigenvalue weighted by molar-refractivity contribution is 8.76. The van der Waals surface area contributed by atoms with Crippen LogP contribution in [0.2, 0.25) is 5.02 Å². The van der Waals surface area contributed by atoms with Gasteiger partial charge in [-0.2, -0.15) is 0 Å². The van der Waals surface area contributed by atoms with Crippen LogP contribution in [0.4, 0.5) is 0 Å². The molecule has 1 aromatic rings. The molecular weight excluding hydrogens is 224 g/mol. The molecule has 0 aliphatic heterocycles. The maximum Gasteiger partial charge on any atom is 0.0530 e. The Kier molecular flexibility index (Phi) is 5.71. The van der Waals surface area contributed by atoms with Crippen molar-refractivity contribution in [3.63, 3.8) is 0 Å². The highest BCUT2D eigenvalue weighted by Crippen LogP contribution is 2.25. The lowest BCUT2D eigenvalue weighted by molar-refractivity contribution is 0.323. The van der Waals surface area contributed by atoms with Gasteiger partial charge in [0.25, 0.3) is 0 Å². The van der Waals surface area contributed by atoms with Gasteiger partial charge in [-0.1, -0.05) is 45.3 Å². The summed E-state index contributed by atoms with van der Waals surface area (Å²) in [4.78, 5) is 0. The molecule has 1 aromatic carbocycles. The quantitative estimate of drug-likeness (QED) is 0.624. The molecule has 1 N–H and O–H groups in total. The molecule has 0 bridgehead atoms. The third-order valence-corrected chi connectivity index (χ3v) is 3.97. The summed E-state index contributed by atoms with van der Waals surface area (Å²) in [5, 5.41) is 9.32. The molecular formula is C9H11ClOS2. The van der Waals surface area contributed by atoms with E-state index in [-0.39, 0.29) is 6.61 Å². The van der Waals surface area contributed by atoms with E-state index in [9.17, 15) is 0 Å². The van der Waals surface area contributed by atoms with Crippen molar-refractivity contribution in [1.82, 2.24) is 0 Å². The maximum atomic E-state index is 8.55. The van der Waals surface area contributed by atoms with Crippen LogP contribution in [0.25, 0.3) is 0 Å². The number of halogens is 1. The van der Waals surface area contributed by atoms with E-state index < -0.39 is 0 Å². The summed E-state index contributed by atoms with van der Waals surface area (Å²) in [5.74, 6) is 1.75. The van der Waals surface area contributed by atoms with Crippen LogP contribution in [0.1, 0.15) is 5.56 Å². The summed E-state index contributed by atoms with van der Waals surface area (Å²) < 4.78 is 0. The molecule has 0 fully saturated rings. The summed E-state index contributed by atoms with van der Waals surface area (Å²) in [6.07, 6.45) is 0. The number of aliphatic hydroxyl groups excluding tert-OH is 1. The molecule has 0 heterocycles. The zero-order valence-electron chi connectivity index (χ0n) is 7.07. The molecule has 0 aliphatic rings. The van der Waals surface area contributed by atoms with Gasteiger partial charge >= 0.3 is 0 Å². The van der Waals surface area contributed by atoms with Crippen molar-refractivity contribution >= 4 is 33.2 Å². The van der Waals surface area contributed by atoms with Crippen LogP contribution in [-0.2, 0) is 5.75 Å². The minimum atomic E-state index is 0.248. The van der Waals surface area contributed by atoms with Crippen molar-refractivity contribution in [3.8, 4) is 0 Å². The van der Waals surface area contributed by atoms with Gasteiger partial charge in [0, 0.05) is 16.5 Å². The molecule has 0 amide bonds. The smallest absolute Gasteiger partial charge is 0.0530 e. The summed E-state index contributed by atoms with van der Waals surface area (Å²) in [6, 6.07) is 7.84. The second-order valence-corrected chi connectivity index (χ2v) is 5.45. The fraction of sp³-hybridized carbons (Fsp3) is 0.333. The van der Waals surface area contributed by atoms with Crippen molar-refractivity contribution in [2.45, 2.75) is 5.75 Å². The van der Waals surface area contributed by atoms with E-state index in [0.29, 0.717) is 0 Å². The molecule has 13 heavy (non-hydrogen) atoms. The van der Waals surface area contributed by atoms with E-state index in [1.54, 1.807) is 21.6 Å². The summed E-state index contributed by atoms with van der Waals surface area (Å²) >= 11 is 5.75. The predicted octanol–water partition coefficient (Wildman–Crippen LogP) is 3.21. The molecule has 72 valence electrons. The van der Waals surface area contributed by atoms with Gasteiger partial charge < -0.3 is 5.11 Å². The predicted molar refractivity (Wildman–Crippen MR) is 62.3 cm³/mol. The SMILES string of the molecule is OCCSSCc1ccc(Cl)cc1. The minimum Gasteiger partial charge on any atom is -0.395 e. The molecule has 0 saturated heterocycles. The van der Waals surface area contributed by atoms with Gasteiger partial charge in [-0.15, -0.1) is 0 Å². The third-order valence-electron chi connectivity index (χ3n) is 1.40. The molecule has 0 radical (unpaired) electrons. The summed E-state index contributed by atoms with van der Waals surface area (Å²) in [6.45, 7) is 0.248. The first-order chi connectivity index (χ1) is 6.33. The second kappa shape index (κ2) is 6.60. The van der Waals surface area contributed by atoms with E-state index in [2.05, 4.69) is 0 Å². The molecule has 0 saturated carbocycles. The van der Waals surface area contributed by atoms with Gasteiger partial charge in [0.05, 0.1) is 6.61 Å². The largest absolute Gasteiger partial charge is 0.395 e. The Balaban J connectivity index is 2.25. The molecule has 0 atom stereocenters. The zero-order chi connectivity index (χ0) is 9.52. The van der Waals surface area contributed by atoms with Crippen LogP contribution in [-0.4, -0.2) is 17.5 Å². The van der Waals surface area contributed by atoms with Crippen LogP contribution >= 0.6 is 33.2 Å². The average Bonchev–Trinajstić information content (AvgIpc) is 2.15. The van der Waals surface area contributed by atoms with Gasteiger partial charge in [0.15, 0.2) is 0 Å². The van der Waals surface area contributed by atoms with Gasteiger partial charge in [0.1, 0.15) is 0 Å². The molecule has 1 rings (SSSR count). The van der Waals surface area contributed by atoms with E-state index in [1.165, 1.54) is 5.56 Å². The average molecular weight is 235 g/mol. The molecule has 0 unspecified atom stereocenters. The lowest BCUT2D eigenvalue weighted by Gasteiger charge is -1.99. The molecule has 0 aromatic heterocycles. The van der Waals surface area contributed by atoms with Crippen LogP contribution in [0.3, 0.4) is 0 Å².